The van der Waals surface area contributed by atoms with E-state index in [0.29, 0.717) is 46.3 Å². The Morgan fingerprint density at radius 3 is 1.16 bits per heavy atom. The van der Waals surface area contributed by atoms with Gasteiger partial charge in [-0.3, -0.25) is 43.2 Å². The van der Waals surface area contributed by atoms with Gasteiger partial charge in [0.1, 0.15) is 18.1 Å². The number of nitrogens with two attached hydrogens (primary N) is 1. The van der Waals surface area contributed by atoms with Crippen LogP contribution in [0.3, 0.4) is 0 Å². The van der Waals surface area contributed by atoms with E-state index in [2.05, 4.69) is 53.2 Å². The minimum absolute atomic E-state index is 0.00218. The molecule has 6 aromatic heterocycles. The van der Waals surface area contributed by atoms with Crippen molar-refractivity contribution in [1.29, 1.82) is 0 Å². The smallest absolute Gasteiger partial charge is 0.340 e. The first-order chi connectivity index (χ1) is 58.1. The van der Waals surface area contributed by atoms with Crippen molar-refractivity contribution in [1.82, 2.24) is 48.3 Å². The minimum Gasteiger partial charge on any atom is -0.478 e. The summed E-state index contributed by atoms with van der Waals surface area (Å²) in [5.41, 5.74) is 19.2. The summed E-state index contributed by atoms with van der Waals surface area (Å²) in [5.74, 6) is -0.676. The van der Waals surface area contributed by atoms with Gasteiger partial charge in [-0.05, 0) is 227 Å². The van der Waals surface area contributed by atoms with Gasteiger partial charge in [-0.15, -0.1) is 0 Å². The van der Waals surface area contributed by atoms with Crippen molar-refractivity contribution in [3.05, 3.63) is 215 Å². The fourth-order valence-corrected chi connectivity index (χ4v) is 17.2. The molecule has 4 saturated heterocycles. The third kappa shape index (κ3) is 24.2. The number of benzene rings is 4. The largest absolute Gasteiger partial charge is 0.478 e. The molecule has 0 spiro atoms. The number of para-hydroxylation sites is 4. The topological polar surface area (TPSA) is 318 Å². The van der Waals surface area contributed by atoms with E-state index in [0.717, 1.165) is 174 Å². The average molecular weight is 1820 g/mol. The summed E-state index contributed by atoms with van der Waals surface area (Å²) in [6.45, 7) is 32.9. The molecule has 4 aliphatic heterocycles. The molecule has 122 heavy (non-hydrogen) atoms. The molecule has 4 amide bonds. The van der Waals surface area contributed by atoms with Crippen molar-refractivity contribution in [2.24, 2.45) is 5.73 Å². The highest BCUT2D eigenvalue weighted by atomic mass is 79.9. The lowest BCUT2D eigenvalue weighted by molar-refractivity contribution is -0.133. The van der Waals surface area contributed by atoms with E-state index in [4.69, 9.17) is 22.1 Å². The molecular weight excluding hydrogens is 1700 g/mol. The number of likely N-dealkylation sites (tertiary alicyclic amines) is 4. The number of aromatic nitrogens is 6. The average Bonchev–Trinajstić information content (AvgIpc) is 1.47. The summed E-state index contributed by atoms with van der Waals surface area (Å²) in [7, 11) is 1.38. The fraction of sp³-hybridized carbons (Fsp3) is 0.453. The number of amides is 4. The van der Waals surface area contributed by atoms with E-state index < -0.39 is 12.0 Å². The van der Waals surface area contributed by atoms with Crippen molar-refractivity contribution >= 4 is 139 Å². The molecule has 5 atom stereocenters. The van der Waals surface area contributed by atoms with Crippen LogP contribution in [0.5, 0.6) is 0 Å². The molecule has 10 heterocycles. The molecule has 15 rings (SSSR count). The molecule has 0 radical (unpaired) electrons. The Morgan fingerprint density at radius 2 is 0.820 bits per heavy atom. The normalized spacial score (nSPS) is 15.2. The van der Waals surface area contributed by atoms with Crippen molar-refractivity contribution in [3.8, 4) is 0 Å². The van der Waals surface area contributed by atoms with E-state index in [1.807, 2.05) is 213 Å². The van der Waals surface area contributed by atoms with Crippen molar-refractivity contribution < 1.29 is 53.0 Å². The van der Waals surface area contributed by atoms with Crippen LogP contribution >= 0.6 is 43.5 Å². The van der Waals surface area contributed by atoms with Crippen LogP contribution in [-0.4, -0.2) is 175 Å². The maximum absolute atomic E-state index is 13.4. The molecular formula is C95H121Br2ClN11O13+. The van der Waals surface area contributed by atoms with Crippen LogP contribution in [0.4, 0.5) is 0 Å². The first-order valence-electron chi connectivity index (χ1n) is 42.3. The van der Waals surface area contributed by atoms with Crippen LogP contribution in [0.25, 0.3) is 43.6 Å². The summed E-state index contributed by atoms with van der Waals surface area (Å²) >= 11 is 11.1. The second-order valence-corrected chi connectivity index (χ2v) is 35.0. The highest BCUT2D eigenvalue weighted by Gasteiger charge is 2.34. The number of hydrogen-bond acceptors (Lipinski definition) is 13. The van der Waals surface area contributed by atoms with Crippen LogP contribution < -0.4 is 16.9 Å². The number of alkyl halides is 2. The van der Waals surface area contributed by atoms with Crippen LogP contribution in [0, 0.1) is 61.8 Å². The Morgan fingerprint density at radius 1 is 0.475 bits per heavy atom. The van der Waals surface area contributed by atoms with Gasteiger partial charge in [0.25, 0.3) is 11.1 Å². The summed E-state index contributed by atoms with van der Waals surface area (Å²) < 4.78 is 10.8. The number of Topliss-reactive ketones (excluding diaryl/α,β-unsaturated/α-hetero) is 2. The van der Waals surface area contributed by atoms with Gasteiger partial charge < -0.3 is 63.8 Å². The number of carbonyl (C=O) groups excluding carboxylic acids is 8. The Hall–Kier alpha value is -10.2. The first-order valence-corrected chi connectivity index (χ1v) is 44.5. The van der Waals surface area contributed by atoms with Crippen molar-refractivity contribution in [2.75, 3.05) is 59.5 Å². The van der Waals surface area contributed by atoms with E-state index in [-0.39, 0.29) is 91.2 Å². The highest BCUT2D eigenvalue weighted by Crippen LogP contribution is 2.35. The Kier molecular flexibility index (Phi) is 36.5. The number of rotatable bonds is 16. The molecule has 0 bridgehead atoms. The molecule has 4 aromatic carbocycles. The first kappa shape index (κ1) is 97.3. The maximum Gasteiger partial charge on any atom is 0.340 e. The molecule has 654 valence electrons. The number of hydrogen-bond donors (Lipinski definition) is 5. The number of H-pyrrole nitrogens is 3. The predicted molar refractivity (Wildman–Crippen MR) is 493 cm³/mol. The summed E-state index contributed by atoms with van der Waals surface area (Å²) in [5, 5.41) is 12.6. The fourth-order valence-electron chi connectivity index (χ4n) is 16.9. The van der Waals surface area contributed by atoms with Crippen LogP contribution in [0.2, 0.25) is 0 Å². The Labute approximate surface area is 737 Å². The molecule has 5 aliphatic rings. The number of nitrogens with one attached hydrogen (secondary N) is 3. The number of ketones is 2. The monoisotopic (exact) mass is 1820 g/mol. The number of carboxylic acid groups (broad SMARTS) is 1. The number of carboxylic acids is 1. The van der Waals surface area contributed by atoms with Gasteiger partial charge in [0.05, 0.1) is 47.2 Å². The highest BCUT2D eigenvalue weighted by molar-refractivity contribution is 9.10. The zero-order chi connectivity index (χ0) is 89.5. The number of pyridine rings is 2. The lowest BCUT2D eigenvalue weighted by Gasteiger charge is -2.23. The van der Waals surface area contributed by atoms with Gasteiger partial charge in [-0.1, -0.05) is 105 Å². The third-order valence-electron chi connectivity index (χ3n) is 23.0. The predicted octanol–water partition coefficient (Wildman–Crippen LogP) is 17.8. The van der Waals surface area contributed by atoms with Gasteiger partial charge in [-0.25, -0.2) is 9.59 Å². The number of aromatic carboxylic acids is 1. The summed E-state index contributed by atoms with van der Waals surface area (Å²) in [6, 6.07) is 33.4. The molecule has 5 fully saturated rings. The molecule has 1 aliphatic carbocycles. The number of aryl methyl sites for hydroxylation is 5. The van der Waals surface area contributed by atoms with E-state index in [1.165, 1.54) is 45.6 Å². The number of esters is 1. The molecule has 6 N–H and O–H groups in total. The quantitative estimate of drug-likeness (QED) is 0.0197. The lowest BCUT2D eigenvalue weighted by atomic mass is 9.99. The van der Waals surface area contributed by atoms with Gasteiger partial charge in [-0.2, -0.15) is 0 Å². The number of nitrogens with zero attached hydrogens (tertiary/aromatic N) is 7. The molecule has 27 heteroatoms. The van der Waals surface area contributed by atoms with Gasteiger partial charge >= 0.3 is 11.9 Å². The van der Waals surface area contributed by atoms with Crippen molar-refractivity contribution in [2.45, 2.75) is 221 Å². The van der Waals surface area contributed by atoms with Crippen LogP contribution in [-0.2, 0) is 41.7 Å². The summed E-state index contributed by atoms with van der Waals surface area (Å²) in [4.78, 5) is 148. The second-order valence-electron chi connectivity index (χ2n) is 31.8. The number of fused-ring (bicyclic) bond motifs is 4. The zero-order valence-corrected chi connectivity index (χ0v) is 77.2. The van der Waals surface area contributed by atoms with Gasteiger partial charge in [0, 0.05) is 165 Å². The minimum atomic E-state index is -0.951. The molecule has 1 saturated carbocycles. The third-order valence-corrected chi connectivity index (χ3v) is 24.4. The standard InChI is InChI=1S/C26H31N3O3.C18H22N2O3.C17H20N2O3.C11H11NO.C8H12N2O.C7H12BrNO.C5H9.C3H4BrClO/c1-16-15-17(2)27-25(31)20(16)11-12-23(30)24-18(3)29(22-10-6-5-9-21(22)24)19(4)26(32)28-13-7-8-14-28;1-12-16(18(22)23-3)14-8-4-5-9-15(14)20(12)13(2)17(21)19-10-6-7-11-19;1-11-15(17(21)22)13-7-3-4-8-14(13)19(11)12(2)16(20)18-9-5-6-10-18;1-7-11(8(2)13)9-5-3-4-6-10(9)12-7;1-5-3-6(2)10-8(11)7(5)4-9;1-6(8)7(10)9-4-2-3-5-9;1-2-4-5-3-1;1-2(4)3(5)6/h5-6,9-10,15,19H,7-8,11-14H2,1-4H3,(H,27,31);4-5,8-9,13H,6-7,10-11H2,1-3H3;3-4,7-8,12H,5-6,9-10H2,1-2H3,(H,21,22);3-6,12H,1-2H3;3H,4,9H2,1-2H3,(H,10,11);6H,2-5H2,1H3;1H,2-5H2;2H,1H3/q;;;;;;+1;. The van der Waals surface area contributed by atoms with Gasteiger partial charge in [0.2, 0.25) is 28.9 Å². The number of methoxy groups -OCH3 is 1. The Bertz CT molecular complexity index is 5480. The number of halogens is 3. The van der Waals surface area contributed by atoms with E-state index in [1.54, 1.807) is 26.8 Å². The zero-order valence-electron chi connectivity index (χ0n) is 73.3. The van der Waals surface area contributed by atoms with E-state index >= 15 is 0 Å². The number of ether oxygens (including phenoxy) is 1. The van der Waals surface area contributed by atoms with Crippen molar-refractivity contribution in [3.63, 3.8) is 0 Å². The van der Waals surface area contributed by atoms with Crippen LogP contribution in [0.15, 0.2) is 119 Å². The Balaban J connectivity index is 0.000000184. The van der Waals surface area contributed by atoms with Crippen LogP contribution in [0.1, 0.15) is 241 Å². The number of aromatic amines is 3. The molecule has 5 unspecified atom stereocenters. The summed E-state index contributed by atoms with van der Waals surface area (Å²) in [6.07, 6.45) is 17.3. The maximum atomic E-state index is 13.4. The van der Waals surface area contributed by atoms with E-state index in [9.17, 15) is 57.8 Å². The molecule has 10 aromatic rings. The number of carbonyl (C=O) groups is 9. The second kappa shape index (κ2) is 45.8. The molecule has 24 nitrogen and oxygen atoms in total. The SMILES string of the molecule is CC(=O)c1c(C)[nH]c2ccccc12.CC(Br)C(=O)Cl.CC(Br)C(=O)N1CCCC1.COC(=O)c1c(C)n(C(C)C(=O)N2CCCC2)c2ccccc12.Cc1c(C(=O)O)c2ccccc2n1C(C)C(=O)N1CCCC1.Cc1cc(C)c(CCC(=O)c2c(C)n(C(C)C(=O)N3CCCC3)c3ccccc23)c(=O)[nH]1.Cc1cc(C)c(CN)c(=O)[nH]1.[CH+]1CCCC1. The van der Waals surface area contributed by atoms with Gasteiger partial charge in [0.15, 0.2) is 11.6 Å². The lowest BCUT2D eigenvalue weighted by Crippen LogP contribution is -2.34.